The smallest absolute Gasteiger partial charge is 0.309 e. The number of benzene rings is 1. The predicted octanol–water partition coefficient (Wildman–Crippen LogP) is 5.18. The van der Waals surface area contributed by atoms with Gasteiger partial charge in [-0.25, -0.2) is 4.39 Å². The standard InChI is InChI=1S/C27H34FN3O6S/c1-15-21(22(38-31-15)24(33)29-14-26(2)8-5-9-26)30-23(32)17-12-20(18(28)13-19(17)36-4)37-16-6-10-27(3,11-7-16)25(34)35/h12-13,16H,5-11,14H2,1-4H3,(H,29,33)(H,30,32)(H,34,35). The molecular formula is C27H34FN3O6S. The van der Waals surface area contributed by atoms with Gasteiger partial charge in [0.25, 0.3) is 11.8 Å². The Kier molecular flexibility index (Phi) is 7.96. The maximum atomic E-state index is 14.9. The van der Waals surface area contributed by atoms with Crippen LogP contribution in [0.25, 0.3) is 0 Å². The first-order valence-electron chi connectivity index (χ1n) is 12.8. The average Bonchev–Trinajstić information content (AvgIpc) is 3.23. The predicted molar refractivity (Wildman–Crippen MR) is 141 cm³/mol. The van der Waals surface area contributed by atoms with Gasteiger partial charge in [-0.3, -0.25) is 14.4 Å². The molecular weight excluding hydrogens is 513 g/mol. The van der Waals surface area contributed by atoms with Crippen LogP contribution in [-0.2, 0) is 4.79 Å². The van der Waals surface area contributed by atoms with E-state index in [1.54, 1.807) is 13.8 Å². The number of ether oxygens (including phenoxy) is 2. The van der Waals surface area contributed by atoms with Crippen molar-refractivity contribution in [1.29, 1.82) is 0 Å². The van der Waals surface area contributed by atoms with E-state index in [9.17, 15) is 23.9 Å². The van der Waals surface area contributed by atoms with E-state index in [4.69, 9.17) is 9.47 Å². The molecule has 38 heavy (non-hydrogen) atoms. The molecule has 1 aromatic carbocycles. The van der Waals surface area contributed by atoms with Gasteiger partial charge in [-0.1, -0.05) is 13.3 Å². The van der Waals surface area contributed by atoms with Crippen molar-refractivity contribution in [2.45, 2.75) is 71.8 Å². The van der Waals surface area contributed by atoms with Gasteiger partial charge in [-0.2, -0.15) is 4.37 Å². The molecule has 0 atom stereocenters. The number of aryl methyl sites for hydroxylation is 1. The lowest BCUT2D eigenvalue weighted by molar-refractivity contribution is -0.150. The number of hydrogen-bond donors (Lipinski definition) is 3. The summed E-state index contributed by atoms with van der Waals surface area (Å²) in [5.41, 5.74) is 0.0976. The van der Waals surface area contributed by atoms with Crippen molar-refractivity contribution in [2.24, 2.45) is 10.8 Å². The number of nitrogens with zero attached hydrogens (tertiary/aromatic N) is 1. The molecule has 0 aliphatic heterocycles. The van der Waals surface area contributed by atoms with Crippen LogP contribution in [0.1, 0.15) is 84.5 Å². The largest absolute Gasteiger partial charge is 0.496 e. The third-order valence-corrected chi connectivity index (χ3v) is 8.83. The van der Waals surface area contributed by atoms with Gasteiger partial charge in [0, 0.05) is 12.6 Å². The van der Waals surface area contributed by atoms with Gasteiger partial charge in [0.1, 0.15) is 10.6 Å². The fourth-order valence-electron chi connectivity index (χ4n) is 4.90. The van der Waals surface area contributed by atoms with E-state index in [0.717, 1.165) is 36.9 Å². The Hall–Kier alpha value is -3.21. The van der Waals surface area contributed by atoms with E-state index < -0.39 is 23.1 Å². The molecule has 0 radical (unpaired) electrons. The minimum atomic E-state index is -0.853. The van der Waals surface area contributed by atoms with Crippen LogP contribution in [0.2, 0.25) is 0 Å². The van der Waals surface area contributed by atoms with Gasteiger partial charge in [0.05, 0.1) is 35.6 Å². The van der Waals surface area contributed by atoms with Crippen LogP contribution in [-0.4, -0.2) is 47.0 Å². The van der Waals surface area contributed by atoms with Gasteiger partial charge in [0.2, 0.25) is 0 Å². The second kappa shape index (κ2) is 10.9. The highest BCUT2D eigenvalue weighted by Gasteiger charge is 2.38. The summed E-state index contributed by atoms with van der Waals surface area (Å²) in [7, 11) is 1.33. The summed E-state index contributed by atoms with van der Waals surface area (Å²) in [6.45, 7) is 6.08. The Morgan fingerprint density at radius 3 is 2.39 bits per heavy atom. The van der Waals surface area contributed by atoms with Gasteiger partial charge in [0.15, 0.2) is 11.6 Å². The van der Waals surface area contributed by atoms with Gasteiger partial charge in [-0.15, -0.1) is 0 Å². The molecule has 9 nitrogen and oxygen atoms in total. The number of hydrogen-bond acceptors (Lipinski definition) is 7. The fraction of sp³-hybridized carbons (Fsp3) is 0.556. The number of halogens is 1. The fourth-order valence-corrected chi connectivity index (χ4v) is 5.66. The van der Waals surface area contributed by atoms with Crippen molar-refractivity contribution in [3.05, 3.63) is 34.1 Å². The number of carboxylic acid groups (broad SMARTS) is 1. The minimum Gasteiger partial charge on any atom is -0.496 e. The number of rotatable bonds is 9. The second-order valence-electron chi connectivity index (χ2n) is 10.9. The summed E-state index contributed by atoms with van der Waals surface area (Å²) in [5.74, 6) is -2.56. The molecule has 2 fully saturated rings. The third kappa shape index (κ3) is 5.77. The van der Waals surface area contributed by atoms with Crippen LogP contribution in [0.3, 0.4) is 0 Å². The summed E-state index contributed by atoms with van der Waals surface area (Å²) >= 11 is 1.00. The summed E-state index contributed by atoms with van der Waals surface area (Å²) in [5, 5.41) is 15.2. The van der Waals surface area contributed by atoms with Crippen molar-refractivity contribution in [3.8, 4) is 11.5 Å². The first kappa shape index (κ1) is 27.8. The zero-order valence-corrected chi connectivity index (χ0v) is 22.9. The van der Waals surface area contributed by atoms with E-state index in [1.807, 2.05) is 0 Å². The van der Waals surface area contributed by atoms with E-state index in [0.29, 0.717) is 48.5 Å². The topological polar surface area (TPSA) is 127 Å². The monoisotopic (exact) mass is 547 g/mol. The normalized spacial score (nSPS) is 22.2. The van der Waals surface area contributed by atoms with E-state index in [1.165, 1.54) is 13.2 Å². The molecule has 206 valence electrons. The van der Waals surface area contributed by atoms with Crippen LogP contribution >= 0.6 is 11.5 Å². The van der Waals surface area contributed by atoms with Crippen LogP contribution in [0.4, 0.5) is 10.1 Å². The minimum absolute atomic E-state index is 0.0131. The van der Waals surface area contributed by atoms with Crippen molar-refractivity contribution < 1.29 is 33.4 Å². The highest BCUT2D eigenvalue weighted by molar-refractivity contribution is 7.08. The molecule has 0 saturated heterocycles. The Morgan fingerprint density at radius 2 is 1.82 bits per heavy atom. The van der Waals surface area contributed by atoms with Crippen LogP contribution in [0, 0.1) is 23.6 Å². The van der Waals surface area contributed by atoms with Crippen molar-refractivity contribution in [3.63, 3.8) is 0 Å². The maximum absolute atomic E-state index is 14.9. The number of carboxylic acids is 1. The maximum Gasteiger partial charge on any atom is 0.309 e. The molecule has 3 N–H and O–H groups in total. The van der Waals surface area contributed by atoms with Crippen LogP contribution in [0.15, 0.2) is 12.1 Å². The molecule has 11 heteroatoms. The summed E-state index contributed by atoms with van der Waals surface area (Å²) in [6, 6.07) is 2.36. The quantitative estimate of drug-likeness (QED) is 0.395. The summed E-state index contributed by atoms with van der Waals surface area (Å²) < 4.78 is 30.2. The first-order chi connectivity index (χ1) is 17.9. The van der Waals surface area contributed by atoms with Crippen molar-refractivity contribution in [2.75, 3.05) is 19.0 Å². The third-order valence-electron chi connectivity index (χ3n) is 7.89. The number of carbonyl (C=O) groups is 3. The molecule has 2 amide bonds. The molecule has 4 rings (SSSR count). The molecule has 2 aromatic rings. The number of carbonyl (C=O) groups excluding carboxylic acids is 2. The SMILES string of the molecule is COc1cc(F)c(OC2CCC(C)(C(=O)O)CC2)cc1C(=O)Nc1c(C)nsc1C(=O)NCC1(C)CCC1. The lowest BCUT2D eigenvalue weighted by Gasteiger charge is -2.38. The van der Waals surface area contributed by atoms with E-state index in [2.05, 4.69) is 21.9 Å². The first-order valence-corrected chi connectivity index (χ1v) is 13.6. The summed E-state index contributed by atoms with van der Waals surface area (Å²) in [4.78, 5) is 38.0. The van der Waals surface area contributed by atoms with Crippen molar-refractivity contribution >= 4 is 35.0 Å². The number of anilines is 1. The van der Waals surface area contributed by atoms with Gasteiger partial charge < -0.3 is 25.2 Å². The highest BCUT2D eigenvalue weighted by Crippen LogP contribution is 2.40. The molecule has 2 aliphatic carbocycles. The molecule has 0 spiro atoms. The zero-order chi connectivity index (χ0) is 27.7. The average molecular weight is 548 g/mol. The van der Waals surface area contributed by atoms with Crippen LogP contribution < -0.4 is 20.1 Å². The Labute approximate surface area is 225 Å². The molecule has 0 unspecified atom stereocenters. The zero-order valence-electron chi connectivity index (χ0n) is 22.1. The molecule has 0 bridgehead atoms. The van der Waals surface area contributed by atoms with Crippen LogP contribution in [0.5, 0.6) is 11.5 Å². The number of amides is 2. The Bertz CT molecular complexity index is 1230. The van der Waals surface area contributed by atoms with E-state index >= 15 is 0 Å². The number of aromatic nitrogens is 1. The molecule has 2 aliphatic rings. The Morgan fingerprint density at radius 1 is 1.13 bits per heavy atom. The lowest BCUT2D eigenvalue weighted by Crippen LogP contribution is -2.39. The van der Waals surface area contributed by atoms with Gasteiger partial charge in [-0.05, 0) is 75.4 Å². The molecule has 1 heterocycles. The number of methoxy groups -OCH3 is 1. The molecule has 1 aromatic heterocycles. The lowest BCUT2D eigenvalue weighted by atomic mass is 9.70. The summed E-state index contributed by atoms with van der Waals surface area (Å²) in [6.07, 6.45) is 4.62. The second-order valence-corrected chi connectivity index (χ2v) is 11.7. The highest BCUT2D eigenvalue weighted by atomic mass is 32.1. The van der Waals surface area contributed by atoms with E-state index in [-0.39, 0.29) is 34.5 Å². The number of nitrogens with one attached hydrogen (secondary N) is 2. The molecule has 2 saturated carbocycles. The van der Waals surface area contributed by atoms with Gasteiger partial charge >= 0.3 is 5.97 Å². The van der Waals surface area contributed by atoms with Crippen molar-refractivity contribution in [1.82, 2.24) is 9.69 Å². The Balaban J connectivity index is 1.49. The number of aliphatic carboxylic acids is 1.